The Morgan fingerprint density at radius 2 is 2.14 bits per heavy atom. The molecule has 0 aromatic carbocycles. The van der Waals surface area contributed by atoms with E-state index in [2.05, 4.69) is 24.1 Å². The van der Waals surface area contributed by atoms with Crippen LogP contribution in [0.15, 0.2) is 0 Å². The first-order valence-corrected chi connectivity index (χ1v) is 7.73. The minimum absolute atomic E-state index is 0. The van der Waals surface area contributed by atoms with Crippen molar-refractivity contribution in [1.82, 2.24) is 4.98 Å². The van der Waals surface area contributed by atoms with Gasteiger partial charge in [-0.25, -0.2) is 4.98 Å². The van der Waals surface area contributed by atoms with Crippen LogP contribution in [0.3, 0.4) is 0 Å². The number of carbonyl (C=O) groups is 2. The number of hydrogen-bond acceptors (Lipinski definition) is 5. The zero-order valence-corrected chi connectivity index (χ0v) is 14.2. The van der Waals surface area contributed by atoms with E-state index in [1.165, 1.54) is 11.3 Å². The number of nitrogens with zero attached hydrogens (tertiary/aromatic N) is 1. The van der Waals surface area contributed by atoms with E-state index in [9.17, 15) is 9.59 Å². The van der Waals surface area contributed by atoms with Crippen LogP contribution < -0.4 is 11.1 Å². The molecule has 7 heteroatoms. The van der Waals surface area contributed by atoms with Crippen molar-refractivity contribution in [3.8, 4) is 0 Å². The fraction of sp³-hybridized carbons (Fsp3) is 0.643. The Morgan fingerprint density at radius 3 is 2.76 bits per heavy atom. The van der Waals surface area contributed by atoms with Gasteiger partial charge in [0.15, 0.2) is 10.9 Å². The predicted molar refractivity (Wildman–Crippen MR) is 87.3 cm³/mol. The number of aromatic nitrogens is 1. The summed E-state index contributed by atoms with van der Waals surface area (Å²) in [6.45, 7) is 6.10. The van der Waals surface area contributed by atoms with Crippen molar-refractivity contribution in [2.45, 2.75) is 52.5 Å². The maximum absolute atomic E-state index is 12.1. The van der Waals surface area contributed by atoms with Crippen molar-refractivity contribution >= 4 is 40.6 Å². The molecule has 1 heterocycles. The molecule has 3 N–H and O–H groups in total. The largest absolute Gasteiger partial charge is 0.320 e. The molecule has 118 valence electrons. The van der Waals surface area contributed by atoms with Crippen LogP contribution >= 0.6 is 23.7 Å². The van der Waals surface area contributed by atoms with Crippen molar-refractivity contribution in [3.05, 3.63) is 10.6 Å². The number of anilines is 1. The lowest BCUT2D eigenvalue weighted by molar-refractivity contribution is -0.117. The third-order valence-electron chi connectivity index (χ3n) is 3.40. The number of nitrogens with one attached hydrogen (secondary N) is 1. The number of carbonyl (C=O) groups excluding carboxylic acids is 2. The molecule has 2 rings (SSSR count). The Kier molecular flexibility index (Phi) is 5.90. The van der Waals surface area contributed by atoms with Crippen LogP contribution in [0.2, 0.25) is 0 Å². The van der Waals surface area contributed by atoms with Crippen LogP contribution in [-0.4, -0.2) is 22.7 Å². The molecule has 1 amide bonds. The summed E-state index contributed by atoms with van der Waals surface area (Å²) >= 11 is 1.26. The van der Waals surface area contributed by atoms with Crippen LogP contribution in [0.4, 0.5) is 5.13 Å². The molecule has 0 fully saturated rings. The number of amides is 1. The number of rotatable bonds is 4. The second-order valence-corrected chi connectivity index (χ2v) is 7.12. The quantitative estimate of drug-likeness (QED) is 0.888. The maximum atomic E-state index is 12.1. The van der Waals surface area contributed by atoms with E-state index in [4.69, 9.17) is 5.73 Å². The van der Waals surface area contributed by atoms with Gasteiger partial charge in [0, 0.05) is 6.42 Å². The van der Waals surface area contributed by atoms with Gasteiger partial charge in [-0.05, 0) is 18.3 Å². The van der Waals surface area contributed by atoms with Gasteiger partial charge in [0.05, 0.1) is 16.6 Å². The highest BCUT2D eigenvalue weighted by Crippen LogP contribution is 2.38. The van der Waals surface area contributed by atoms with Crippen LogP contribution in [0.25, 0.3) is 0 Å². The Balaban J connectivity index is 0.00000220. The fourth-order valence-corrected chi connectivity index (χ4v) is 3.34. The van der Waals surface area contributed by atoms with Gasteiger partial charge in [-0.1, -0.05) is 38.5 Å². The zero-order valence-electron chi connectivity index (χ0n) is 12.6. The topological polar surface area (TPSA) is 85.1 Å². The van der Waals surface area contributed by atoms with E-state index in [-0.39, 0.29) is 29.5 Å². The van der Waals surface area contributed by atoms with Crippen molar-refractivity contribution < 1.29 is 9.59 Å². The molecule has 1 aliphatic carbocycles. The number of thiazole rings is 1. The molecule has 1 aromatic heterocycles. The highest BCUT2D eigenvalue weighted by atomic mass is 35.5. The molecule has 1 atom stereocenters. The Hall–Kier alpha value is -0.980. The molecule has 1 aliphatic rings. The van der Waals surface area contributed by atoms with E-state index in [1.54, 1.807) is 0 Å². The average molecular weight is 332 g/mol. The number of fused-ring (bicyclic) bond motifs is 1. The minimum atomic E-state index is -0.520. The molecule has 1 aromatic rings. The number of nitrogens with two attached hydrogens (primary N) is 1. The fourth-order valence-electron chi connectivity index (χ4n) is 2.41. The summed E-state index contributed by atoms with van der Waals surface area (Å²) in [5.74, 6) is -0.114. The molecule has 21 heavy (non-hydrogen) atoms. The standard InChI is InChI=1S/C14H21N3O2S.ClH/c1-4-5-8(15)12(19)17-13-16-9-6-14(2,3)7-10(18)11(9)20-13;/h8H,4-7,15H2,1-3H3,(H,16,17,19);1H. The predicted octanol–water partition coefficient (Wildman–Crippen LogP) is 2.79. The number of Topliss-reactive ketones (excluding diaryl/α,β-unsaturated/α-hetero) is 1. The molecule has 0 spiro atoms. The van der Waals surface area contributed by atoms with Gasteiger partial charge in [0.1, 0.15) is 0 Å². The maximum Gasteiger partial charge on any atom is 0.243 e. The molecular formula is C14H22ClN3O2S. The first-order chi connectivity index (χ1) is 9.32. The minimum Gasteiger partial charge on any atom is -0.320 e. The Morgan fingerprint density at radius 1 is 1.48 bits per heavy atom. The summed E-state index contributed by atoms with van der Waals surface area (Å²) in [5, 5.41) is 3.21. The van der Waals surface area contributed by atoms with E-state index in [1.807, 2.05) is 6.92 Å². The molecule has 0 bridgehead atoms. The lowest BCUT2D eigenvalue weighted by Crippen LogP contribution is -2.35. The summed E-state index contributed by atoms with van der Waals surface area (Å²) in [4.78, 5) is 29.0. The van der Waals surface area contributed by atoms with Crippen LogP contribution in [0.1, 0.15) is 55.4 Å². The highest BCUT2D eigenvalue weighted by molar-refractivity contribution is 7.17. The summed E-state index contributed by atoms with van der Waals surface area (Å²) in [5.41, 5.74) is 6.51. The van der Waals surface area contributed by atoms with Gasteiger partial charge in [0.2, 0.25) is 5.91 Å². The van der Waals surface area contributed by atoms with E-state index >= 15 is 0 Å². The van der Waals surface area contributed by atoms with Crippen molar-refractivity contribution in [2.24, 2.45) is 11.1 Å². The van der Waals surface area contributed by atoms with Crippen LogP contribution in [-0.2, 0) is 11.2 Å². The third-order valence-corrected chi connectivity index (χ3v) is 4.46. The molecule has 0 saturated carbocycles. The van der Waals surface area contributed by atoms with Gasteiger partial charge in [-0.15, -0.1) is 12.4 Å². The first-order valence-electron chi connectivity index (χ1n) is 6.92. The molecule has 0 saturated heterocycles. The van der Waals surface area contributed by atoms with Gasteiger partial charge < -0.3 is 11.1 Å². The second-order valence-electron chi connectivity index (χ2n) is 6.12. The smallest absolute Gasteiger partial charge is 0.243 e. The molecule has 5 nitrogen and oxygen atoms in total. The van der Waals surface area contributed by atoms with Gasteiger partial charge in [-0.2, -0.15) is 0 Å². The summed E-state index contributed by atoms with van der Waals surface area (Å²) in [7, 11) is 0. The molecule has 0 radical (unpaired) electrons. The normalized spacial score (nSPS) is 17.6. The first kappa shape index (κ1) is 18.1. The highest BCUT2D eigenvalue weighted by Gasteiger charge is 2.34. The van der Waals surface area contributed by atoms with Crippen LogP contribution in [0.5, 0.6) is 0 Å². The molecule has 0 aliphatic heterocycles. The number of hydrogen-bond donors (Lipinski definition) is 2. The van der Waals surface area contributed by atoms with Crippen LogP contribution in [0, 0.1) is 5.41 Å². The zero-order chi connectivity index (χ0) is 14.9. The summed E-state index contributed by atoms with van der Waals surface area (Å²) < 4.78 is 0. The van der Waals surface area contributed by atoms with E-state index in [0.717, 1.165) is 18.5 Å². The van der Waals surface area contributed by atoms with Gasteiger partial charge in [0.25, 0.3) is 0 Å². The molecule has 1 unspecified atom stereocenters. The average Bonchev–Trinajstić information content (AvgIpc) is 2.70. The SMILES string of the molecule is CCCC(N)C(=O)Nc1nc2c(s1)C(=O)CC(C)(C)C2.Cl. The van der Waals surface area contributed by atoms with Crippen molar-refractivity contribution in [3.63, 3.8) is 0 Å². The Labute approximate surface area is 135 Å². The van der Waals surface area contributed by atoms with Gasteiger partial charge >= 0.3 is 0 Å². The lowest BCUT2D eigenvalue weighted by atomic mass is 9.78. The second kappa shape index (κ2) is 6.85. The summed E-state index contributed by atoms with van der Waals surface area (Å²) in [6.07, 6.45) is 2.80. The monoisotopic (exact) mass is 331 g/mol. The number of halogens is 1. The number of ketones is 1. The summed E-state index contributed by atoms with van der Waals surface area (Å²) in [6, 6.07) is -0.520. The lowest BCUT2D eigenvalue weighted by Gasteiger charge is -2.26. The van der Waals surface area contributed by atoms with Crippen molar-refractivity contribution in [2.75, 3.05) is 5.32 Å². The van der Waals surface area contributed by atoms with Gasteiger partial charge in [-0.3, -0.25) is 9.59 Å². The molecular weight excluding hydrogens is 310 g/mol. The van der Waals surface area contributed by atoms with E-state index in [0.29, 0.717) is 22.9 Å². The Bertz CT molecular complexity index is 542. The third kappa shape index (κ3) is 4.25. The van der Waals surface area contributed by atoms with E-state index < -0.39 is 6.04 Å². The van der Waals surface area contributed by atoms with Crippen molar-refractivity contribution in [1.29, 1.82) is 0 Å².